The lowest BCUT2D eigenvalue weighted by molar-refractivity contribution is -0.119. The molecule has 2 aliphatic carbocycles. The summed E-state index contributed by atoms with van der Waals surface area (Å²) in [5, 5.41) is 3.55. The Labute approximate surface area is 231 Å². The second-order valence-electron chi connectivity index (χ2n) is 12.2. The molecule has 0 bridgehead atoms. The van der Waals surface area contributed by atoms with Crippen molar-refractivity contribution in [3.05, 3.63) is 80.4 Å². The van der Waals surface area contributed by atoms with Crippen molar-refractivity contribution >= 4 is 27.5 Å². The first-order valence-corrected chi connectivity index (χ1v) is 13.7. The Morgan fingerprint density at radius 2 is 1.55 bits per heavy atom. The number of Topliss-reactive ketones (excluding diaryl/α,β-unsaturated/α-hetero) is 2. The van der Waals surface area contributed by atoms with Crippen molar-refractivity contribution in [2.24, 2.45) is 10.8 Å². The average molecular weight is 583 g/mol. The first kappa shape index (κ1) is 26.7. The van der Waals surface area contributed by atoms with Crippen LogP contribution in [0.1, 0.15) is 70.4 Å². The molecule has 0 atom stereocenters. The minimum atomic E-state index is -0.476. The molecule has 0 radical (unpaired) electrons. The highest BCUT2D eigenvalue weighted by molar-refractivity contribution is 9.10. The molecule has 0 saturated heterocycles. The highest BCUT2D eigenvalue weighted by Gasteiger charge is 2.46. The molecule has 200 valence electrons. The average Bonchev–Trinajstić information content (AvgIpc) is 2.80. The number of methoxy groups -OCH3 is 1. The summed E-state index contributed by atoms with van der Waals surface area (Å²) in [7, 11) is 1.56. The lowest BCUT2D eigenvalue weighted by Gasteiger charge is -2.44. The number of halogens is 2. The topological polar surface area (TPSA) is 64.6 Å². The Balaban J connectivity index is 1.60. The van der Waals surface area contributed by atoms with Crippen LogP contribution in [0.5, 0.6) is 11.5 Å². The van der Waals surface area contributed by atoms with E-state index in [1.54, 1.807) is 19.2 Å². The summed E-state index contributed by atoms with van der Waals surface area (Å²) in [5.41, 5.74) is 4.37. The summed E-state index contributed by atoms with van der Waals surface area (Å²) in [6.45, 7) is 8.58. The maximum absolute atomic E-state index is 13.6. The standard InChI is InChI=1S/C31H33BrFNO4/c1-30(2)12-21-27(23(35)14-30)26(28-22(34-21)13-31(3,4)15-24(28)36)18-10-20(32)29(25(11-18)37-5)38-16-17-7-6-8-19(33)9-17/h6-11,26,34H,12-16H2,1-5H3. The van der Waals surface area contributed by atoms with Crippen LogP contribution in [0.3, 0.4) is 0 Å². The van der Waals surface area contributed by atoms with E-state index >= 15 is 0 Å². The predicted molar refractivity (Wildman–Crippen MR) is 147 cm³/mol. The molecule has 2 aromatic rings. The summed E-state index contributed by atoms with van der Waals surface area (Å²) >= 11 is 3.64. The van der Waals surface area contributed by atoms with E-state index in [-0.39, 0.29) is 34.8 Å². The van der Waals surface area contributed by atoms with Crippen LogP contribution in [-0.4, -0.2) is 18.7 Å². The van der Waals surface area contributed by atoms with E-state index in [0.717, 1.165) is 29.8 Å². The van der Waals surface area contributed by atoms with Crippen molar-refractivity contribution in [1.29, 1.82) is 0 Å². The molecular formula is C31H33BrFNO4. The fraction of sp³-hybridized carbons (Fsp3) is 0.419. The second-order valence-corrected chi connectivity index (χ2v) is 13.0. The van der Waals surface area contributed by atoms with Crippen LogP contribution in [0.4, 0.5) is 4.39 Å². The van der Waals surface area contributed by atoms with E-state index in [1.165, 1.54) is 12.1 Å². The molecule has 1 heterocycles. The molecule has 1 aliphatic heterocycles. The molecule has 5 nitrogen and oxygen atoms in total. The maximum atomic E-state index is 13.6. The Morgan fingerprint density at radius 1 is 0.947 bits per heavy atom. The lowest BCUT2D eigenvalue weighted by Crippen LogP contribution is -2.42. The first-order chi connectivity index (χ1) is 17.9. The third-order valence-electron chi connectivity index (χ3n) is 7.58. The van der Waals surface area contributed by atoms with Gasteiger partial charge in [0, 0.05) is 41.3 Å². The molecule has 0 unspecified atom stereocenters. The van der Waals surface area contributed by atoms with Crippen molar-refractivity contribution in [1.82, 2.24) is 5.32 Å². The van der Waals surface area contributed by atoms with E-state index in [1.807, 2.05) is 12.1 Å². The van der Waals surface area contributed by atoms with E-state index in [9.17, 15) is 14.0 Å². The van der Waals surface area contributed by atoms with Crippen LogP contribution in [0.15, 0.2) is 63.4 Å². The highest BCUT2D eigenvalue weighted by Crippen LogP contribution is 2.52. The molecule has 38 heavy (non-hydrogen) atoms. The number of carbonyl (C=O) groups excluding carboxylic acids is 2. The van der Waals surface area contributed by atoms with Gasteiger partial charge in [0.2, 0.25) is 0 Å². The van der Waals surface area contributed by atoms with Crippen molar-refractivity contribution in [3.63, 3.8) is 0 Å². The zero-order valence-electron chi connectivity index (χ0n) is 22.5. The van der Waals surface area contributed by atoms with Gasteiger partial charge in [0.1, 0.15) is 12.4 Å². The molecule has 1 N–H and O–H groups in total. The summed E-state index contributed by atoms with van der Waals surface area (Å²) < 4.78 is 26.0. The molecule has 0 fully saturated rings. The molecule has 2 aromatic carbocycles. The number of carbonyl (C=O) groups is 2. The smallest absolute Gasteiger partial charge is 0.175 e. The predicted octanol–water partition coefficient (Wildman–Crippen LogP) is 7.15. The number of dihydropyridines is 1. The van der Waals surface area contributed by atoms with Gasteiger partial charge in [0.25, 0.3) is 0 Å². The Hall–Kier alpha value is -2.93. The highest BCUT2D eigenvalue weighted by atomic mass is 79.9. The number of benzene rings is 2. The number of ether oxygens (including phenoxy) is 2. The third-order valence-corrected chi connectivity index (χ3v) is 8.17. The van der Waals surface area contributed by atoms with Gasteiger partial charge < -0.3 is 14.8 Å². The number of hydrogen-bond acceptors (Lipinski definition) is 5. The minimum Gasteiger partial charge on any atom is -0.493 e. The largest absolute Gasteiger partial charge is 0.493 e. The van der Waals surface area contributed by atoms with Gasteiger partial charge in [-0.25, -0.2) is 4.39 Å². The van der Waals surface area contributed by atoms with Gasteiger partial charge in [-0.05, 0) is 75.0 Å². The van der Waals surface area contributed by atoms with Crippen molar-refractivity contribution in [3.8, 4) is 11.5 Å². The van der Waals surface area contributed by atoms with E-state index in [4.69, 9.17) is 9.47 Å². The Kier molecular flexibility index (Phi) is 6.79. The molecule has 0 saturated carbocycles. The molecule has 0 amide bonds. The number of rotatable bonds is 5. The second kappa shape index (κ2) is 9.67. The van der Waals surface area contributed by atoms with Crippen LogP contribution in [0, 0.1) is 16.6 Å². The summed E-state index contributed by atoms with van der Waals surface area (Å²) in [6, 6.07) is 10.0. The summed E-state index contributed by atoms with van der Waals surface area (Å²) in [5.74, 6) is 0.285. The van der Waals surface area contributed by atoms with Crippen molar-refractivity contribution in [2.75, 3.05) is 7.11 Å². The van der Waals surface area contributed by atoms with Gasteiger partial charge in [-0.15, -0.1) is 0 Å². The van der Waals surface area contributed by atoms with Gasteiger partial charge in [-0.1, -0.05) is 39.8 Å². The Morgan fingerprint density at radius 3 is 2.11 bits per heavy atom. The minimum absolute atomic E-state index is 0.0689. The first-order valence-electron chi connectivity index (χ1n) is 12.9. The van der Waals surface area contributed by atoms with Crippen LogP contribution in [-0.2, 0) is 16.2 Å². The van der Waals surface area contributed by atoms with Crippen LogP contribution >= 0.6 is 15.9 Å². The monoisotopic (exact) mass is 581 g/mol. The van der Waals surface area contributed by atoms with Crippen molar-refractivity contribution in [2.45, 2.75) is 65.9 Å². The molecule has 5 rings (SSSR count). The molecule has 7 heteroatoms. The molecular weight excluding hydrogens is 549 g/mol. The number of nitrogens with one attached hydrogen (secondary N) is 1. The molecule has 0 aromatic heterocycles. The van der Waals surface area contributed by atoms with Crippen LogP contribution < -0.4 is 14.8 Å². The van der Waals surface area contributed by atoms with Crippen molar-refractivity contribution < 1.29 is 23.5 Å². The molecule has 3 aliphatic rings. The zero-order chi connectivity index (χ0) is 27.4. The van der Waals surface area contributed by atoms with Gasteiger partial charge in [-0.3, -0.25) is 9.59 Å². The van der Waals surface area contributed by atoms with E-state index in [0.29, 0.717) is 45.5 Å². The normalized spacial score (nSPS) is 20.6. The maximum Gasteiger partial charge on any atom is 0.175 e. The fourth-order valence-electron chi connectivity index (χ4n) is 6.05. The molecule has 0 spiro atoms. The van der Waals surface area contributed by atoms with Crippen LogP contribution in [0.25, 0.3) is 0 Å². The van der Waals surface area contributed by atoms with Gasteiger partial charge >= 0.3 is 0 Å². The fourth-order valence-corrected chi connectivity index (χ4v) is 6.63. The van der Waals surface area contributed by atoms with E-state index < -0.39 is 5.92 Å². The quantitative estimate of drug-likeness (QED) is 0.406. The van der Waals surface area contributed by atoms with Gasteiger partial charge in [-0.2, -0.15) is 0 Å². The van der Waals surface area contributed by atoms with Gasteiger partial charge in [0.05, 0.1) is 11.6 Å². The summed E-state index contributed by atoms with van der Waals surface area (Å²) in [6.07, 6.45) is 2.34. The van der Waals surface area contributed by atoms with Crippen LogP contribution in [0.2, 0.25) is 0 Å². The lowest BCUT2D eigenvalue weighted by atomic mass is 9.64. The van der Waals surface area contributed by atoms with E-state index in [2.05, 4.69) is 48.9 Å². The number of allylic oxidation sites excluding steroid dienone is 4. The zero-order valence-corrected chi connectivity index (χ0v) is 24.1. The Bertz CT molecular complexity index is 1350. The summed E-state index contributed by atoms with van der Waals surface area (Å²) in [4.78, 5) is 27.2. The van der Waals surface area contributed by atoms with Gasteiger partial charge in [0.15, 0.2) is 23.1 Å². The number of hydrogen-bond donors (Lipinski definition) is 1. The number of ketones is 2. The third kappa shape index (κ3) is 5.05. The SMILES string of the molecule is COc1cc(C2C3=C(CC(C)(C)CC3=O)NC3=C2C(=O)CC(C)(C)C3)cc(Br)c1OCc1cccc(F)c1.